The van der Waals surface area contributed by atoms with E-state index in [4.69, 9.17) is 14.8 Å². The van der Waals surface area contributed by atoms with Gasteiger partial charge in [0.1, 0.15) is 0 Å². The van der Waals surface area contributed by atoms with E-state index in [0.29, 0.717) is 10.9 Å². The molecule has 0 aliphatic rings. The lowest BCUT2D eigenvalue weighted by molar-refractivity contribution is -0.139. The molecule has 0 unspecified atom stereocenters. The van der Waals surface area contributed by atoms with Gasteiger partial charge >= 0.3 is 13.6 Å². The molecule has 0 spiro atoms. The molecule has 7 heteroatoms. The fraction of sp³-hybridized carbons (Fsp3) is 0.462. The number of benzene rings is 1. The van der Waals surface area contributed by atoms with E-state index in [1.807, 2.05) is 0 Å². The van der Waals surface area contributed by atoms with Crippen molar-refractivity contribution in [3.63, 3.8) is 0 Å². The number of hydrogen-bond donors (Lipinski definition) is 1. The summed E-state index contributed by atoms with van der Waals surface area (Å²) in [6.07, 6.45) is 0.106. The molecule has 1 rings (SSSR count). The predicted octanol–water partition coefficient (Wildman–Crippen LogP) is 1.88. The zero-order valence-corrected chi connectivity index (χ0v) is 12.8. The molecule has 6 nitrogen and oxygen atoms in total. The van der Waals surface area contributed by atoms with Crippen molar-refractivity contribution in [1.82, 2.24) is 0 Å². The summed E-state index contributed by atoms with van der Waals surface area (Å²) in [4.78, 5) is 11.2. The second-order valence-corrected chi connectivity index (χ2v) is 5.97. The molecule has 1 aromatic carbocycles. The number of methoxy groups -OCH3 is 1. The molecule has 0 saturated heterocycles. The highest BCUT2D eigenvalue weighted by Gasteiger charge is 2.29. The van der Waals surface area contributed by atoms with Crippen LogP contribution in [0.3, 0.4) is 0 Å². The highest BCUT2D eigenvalue weighted by atomic mass is 31.2. The molecule has 0 radical (unpaired) electrons. The lowest BCUT2D eigenvalue weighted by Gasteiger charge is -2.19. The maximum Gasteiger partial charge on any atom is 0.363 e. The molecule has 0 heterocycles. The Hall–Kier alpha value is -1.36. The van der Waals surface area contributed by atoms with Crippen molar-refractivity contribution in [2.24, 2.45) is 0 Å². The minimum Gasteiger partial charge on any atom is -0.469 e. The second kappa shape index (κ2) is 7.43. The molecular formula is C13H20NO5P. The van der Waals surface area contributed by atoms with E-state index in [2.05, 4.69) is 4.74 Å². The molecule has 20 heavy (non-hydrogen) atoms. The quantitative estimate of drug-likeness (QED) is 0.470. The summed E-state index contributed by atoms with van der Waals surface area (Å²) >= 11 is 0. The topological polar surface area (TPSA) is 87.8 Å². The molecule has 0 aliphatic carbocycles. The lowest BCUT2D eigenvalue weighted by Crippen LogP contribution is -2.16. The van der Waals surface area contributed by atoms with E-state index >= 15 is 0 Å². The summed E-state index contributed by atoms with van der Waals surface area (Å²) in [5.41, 5.74) is 6.85. The SMILES string of the molecule is CCOP(=O)(OCC)c1ccc(CC(=O)OC)cc1N. The van der Waals surface area contributed by atoms with E-state index in [9.17, 15) is 9.36 Å². The largest absolute Gasteiger partial charge is 0.469 e. The van der Waals surface area contributed by atoms with Crippen molar-refractivity contribution >= 4 is 24.6 Å². The first-order valence-corrected chi connectivity index (χ1v) is 7.86. The molecule has 0 aliphatic heterocycles. The minimum absolute atomic E-state index is 0.106. The maximum atomic E-state index is 12.6. The molecule has 0 saturated carbocycles. The Bertz CT molecular complexity index is 507. The second-order valence-electron chi connectivity index (χ2n) is 3.98. The van der Waals surface area contributed by atoms with E-state index in [1.165, 1.54) is 7.11 Å². The summed E-state index contributed by atoms with van der Waals surface area (Å²) in [6, 6.07) is 4.81. The molecular weight excluding hydrogens is 281 g/mol. The van der Waals surface area contributed by atoms with Crippen molar-refractivity contribution in [2.45, 2.75) is 20.3 Å². The number of carbonyl (C=O) groups excluding carboxylic acids is 1. The van der Waals surface area contributed by atoms with Gasteiger partial charge in [-0.1, -0.05) is 6.07 Å². The van der Waals surface area contributed by atoms with Crippen molar-refractivity contribution in [3.05, 3.63) is 23.8 Å². The number of rotatable bonds is 7. The molecule has 0 amide bonds. The van der Waals surface area contributed by atoms with Crippen LogP contribution in [0.4, 0.5) is 5.69 Å². The van der Waals surface area contributed by atoms with Crippen LogP contribution in [0, 0.1) is 0 Å². The molecule has 0 atom stereocenters. The number of nitrogen functional groups attached to an aromatic ring is 1. The Balaban J connectivity index is 3.07. The smallest absolute Gasteiger partial charge is 0.363 e. The fourth-order valence-electron chi connectivity index (χ4n) is 1.72. The highest BCUT2D eigenvalue weighted by molar-refractivity contribution is 7.62. The van der Waals surface area contributed by atoms with Crippen molar-refractivity contribution in [1.29, 1.82) is 0 Å². The predicted molar refractivity (Wildman–Crippen MR) is 77.1 cm³/mol. The summed E-state index contributed by atoms with van der Waals surface area (Å²) < 4.78 is 27.7. The number of hydrogen-bond acceptors (Lipinski definition) is 6. The number of carbonyl (C=O) groups is 1. The normalized spacial score (nSPS) is 11.3. The average molecular weight is 301 g/mol. The first-order valence-electron chi connectivity index (χ1n) is 6.31. The van der Waals surface area contributed by atoms with Gasteiger partial charge in [-0.25, -0.2) is 0 Å². The fourth-order valence-corrected chi connectivity index (χ4v) is 3.39. The standard InChI is InChI=1S/C13H20NO5P/c1-4-18-20(16,19-5-2)12-7-6-10(8-11(12)14)9-13(15)17-3/h6-8H,4-5,9,14H2,1-3H3. The monoisotopic (exact) mass is 301 g/mol. The third-order valence-corrected chi connectivity index (χ3v) is 4.75. The number of nitrogens with two attached hydrogens (primary N) is 1. The van der Waals surface area contributed by atoms with Crippen molar-refractivity contribution in [3.8, 4) is 0 Å². The van der Waals surface area contributed by atoms with Gasteiger partial charge in [0.25, 0.3) is 0 Å². The molecule has 0 fully saturated rings. The van der Waals surface area contributed by atoms with Crippen LogP contribution in [0.15, 0.2) is 18.2 Å². The van der Waals surface area contributed by atoms with Gasteiger partial charge in [0.15, 0.2) is 0 Å². The van der Waals surface area contributed by atoms with Crippen LogP contribution in [0.5, 0.6) is 0 Å². The average Bonchev–Trinajstić information content (AvgIpc) is 2.39. The Morgan fingerprint density at radius 3 is 2.30 bits per heavy atom. The van der Waals surface area contributed by atoms with Gasteiger partial charge in [-0.2, -0.15) is 0 Å². The summed E-state index contributed by atoms with van der Waals surface area (Å²) in [5, 5.41) is 0.315. The van der Waals surface area contributed by atoms with Crippen LogP contribution < -0.4 is 11.0 Å². The van der Waals surface area contributed by atoms with Gasteiger partial charge in [-0.15, -0.1) is 0 Å². The first-order chi connectivity index (χ1) is 9.46. The van der Waals surface area contributed by atoms with Crippen LogP contribution in [0.2, 0.25) is 0 Å². The summed E-state index contributed by atoms with van der Waals surface area (Å²) in [7, 11) is -2.09. The molecule has 0 bridgehead atoms. The summed E-state index contributed by atoms with van der Waals surface area (Å²) in [6.45, 7) is 3.96. The number of esters is 1. The van der Waals surface area contributed by atoms with Gasteiger partial charge in [-0.05, 0) is 31.5 Å². The van der Waals surface area contributed by atoms with Crippen LogP contribution in [-0.4, -0.2) is 26.3 Å². The van der Waals surface area contributed by atoms with E-state index in [-0.39, 0.29) is 31.3 Å². The van der Waals surface area contributed by atoms with Crippen LogP contribution >= 0.6 is 7.60 Å². The summed E-state index contributed by atoms with van der Waals surface area (Å²) in [5.74, 6) is -0.366. The van der Waals surface area contributed by atoms with Crippen LogP contribution in [-0.2, 0) is 29.6 Å². The van der Waals surface area contributed by atoms with Crippen LogP contribution in [0.25, 0.3) is 0 Å². The van der Waals surface area contributed by atoms with Gasteiger partial charge in [-0.3, -0.25) is 9.36 Å². The molecule has 1 aromatic rings. The molecule has 0 aromatic heterocycles. The Kier molecular flexibility index (Phi) is 6.20. The zero-order chi connectivity index (χ0) is 15.2. The highest BCUT2D eigenvalue weighted by Crippen LogP contribution is 2.48. The molecule has 112 valence electrons. The first kappa shape index (κ1) is 16.7. The van der Waals surface area contributed by atoms with Gasteiger partial charge in [0, 0.05) is 5.69 Å². The maximum absolute atomic E-state index is 12.6. The third kappa shape index (κ3) is 4.07. The third-order valence-electron chi connectivity index (χ3n) is 2.56. The van der Waals surface area contributed by atoms with Gasteiger partial charge in [0.2, 0.25) is 0 Å². The Morgan fingerprint density at radius 2 is 1.85 bits per heavy atom. The van der Waals surface area contributed by atoms with E-state index < -0.39 is 7.60 Å². The number of anilines is 1. The Morgan fingerprint density at radius 1 is 1.25 bits per heavy atom. The zero-order valence-electron chi connectivity index (χ0n) is 11.9. The van der Waals surface area contributed by atoms with Gasteiger partial charge in [0.05, 0.1) is 32.0 Å². The van der Waals surface area contributed by atoms with Crippen LogP contribution in [0.1, 0.15) is 19.4 Å². The van der Waals surface area contributed by atoms with E-state index in [1.54, 1.807) is 32.0 Å². The lowest BCUT2D eigenvalue weighted by atomic mass is 10.1. The van der Waals surface area contributed by atoms with Gasteiger partial charge < -0.3 is 19.5 Å². The molecule has 2 N–H and O–H groups in total. The Labute approximate surface area is 118 Å². The van der Waals surface area contributed by atoms with Crippen molar-refractivity contribution < 1.29 is 23.1 Å². The number of ether oxygens (including phenoxy) is 1. The minimum atomic E-state index is -3.41. The van der Waals surface area contributed by atoms with E-state index in [0.717, 1.165) is 0 Å². The van der Waals surface area contributed by atoms with Crippen molar-refractivity contribution in [2.75, 3.05) is 26.1 Å².